The Balaban J connectivity index is 1.96. The van der Waals surface area contributed by atoms with E-state index in [9.17, 15) is 4.79 Å². The molecule has 1 saturated carbocycles. The lowest BCUT2D eigenvalue weighted by Gasteiger charge is -2.07. The summed E-state index contributed by atoms with van der Waals surface area (Å²) in [6, 6.07) is 9.77. The number of imidazole rings is 1. The smallest absolute Gasteiger partial charge is 0.180 e. The molecule has 0 bridgehead atoms. The van der Waals surface area contributed by atoms with Crippen LogP contribution < -0.4 is 0 Å². The number of hydrogen-bond acceptors (Lipinski definition) is 5. The van der Waals surface area contributed by atoms with Crippen molar-refractivity contribution in [3.05, 3.63) is 41.7 Å². The fourth-order valence-corrected chi connectivity index (χ4v) is 2.73. The summed E-state index contributed by atoms with van der Waals surface area (Å²) >= 11 is 0. The van der Waals surface area contributed by atoms with E-state index < -0.39 is 0 Å². The molecule has 1 aromatic carbocycles. The Morgan fingerprint density at radius 3 is 2.87 bits per heavy atom. The molecule has 1 aliphatic rings. The number of fused-ring (bicyclic) bond motifs is 1. The highest BCUT2D eigenvalue weighted by Gasteiger charge is 2.29. The van der Waals surface area contributed by atoms with Crippen molar-refractivity contribution in [3.8, 4) is 17.5 Å². The second-order valence-electron chi connectivity index (χ2n) is 5.74. The molecular weight excluding hydrogens is 290 g/mol. The third kappa shape index (κ3) is 2.27. The summed E-state index contributed by atoms with van der Waals surface area (Å²) in [7, 11) is 0. The number of carbonyl (C=O) groups is 1. The summed E-state index contributed by atoms with van der Waals surface area (Å²) in [6.07, 6.45) is 3.80. The van der Waals surface area contributed by atoms with Crippen LogP contribution in [0.1, 0.15) is 41.9 Å². The highest BCUT2D eigenvalue weighted by Crippen LogP contribution is 2.41. The number of nitrogens with zero attached hydrogens (tertiary/aromatic N) is 5. The van der Waals surface area contributed by atoms with Crippen LogP contribution in [0.5, 0.6) is 0 Å². The molecule has 0 saturated heterocycles. The molecule has 0 radical (unpaired) electrons. The fourth-order valence-electron chi connectivity index (χ4n) is 2.73. The van der Waals surface area contributed by atoms with Crippen LogP contribution in [0, 0.1) is 11.3 Å². The van der Waals surface area contributed by atoms with E-state index >= 15 is 0 Å². The maximum Gasteiger partial charge on any atom is 0.180 e. The van der Waals surface area contributed by atoms with Gasteiger partial charge in [0, 0.05) is 18.5 Å². The van der Waals surface area contributed by atoms with Crippen molar-refractivity contribution in [2.45, 2.75) is 25.8 Å². The molecule has 0 aliphatic heterocycles. The quantitative estimate of drug-likeness (QED) is 0.694. The van der Waals surface area contributed by atoms with Crippen molar-refractivity contribution in [2.75, 3.05) is 0 Å². The van der Waals surface area contributed by atoms with E-state index in [4.69, 9.17) is 10.2 Å². The predicted molar refractivity (Wildman–Crippen MR) is 83.7 cm³/mol. The number of rotatable bonds is 3. The molecule has 0 atom stereocenters. The SMILES string of the molecule is CC(=O)c1cc(-c2nc3ccc(C#N)cc3n2C2CC2)cnn1. The van der Waals surface area contributed by atoms with Crippen molar-refractivity contribution in [3.63, 3.8) is 0 Å². The first-order valence-electron chi connectivity index (χ1n) is 7.43. The van der Waals surface area contributed by atoms with Crippen LogP contribution in [-0.4, -0.2) is 25.5 Å². The number of carbonyl (C=O) groups excluding carboxylic acids is 1. The summed E-state index contributed by atoms with van der Waals surface area (Å²) in [5, 5.41) is 16.9. The first kappa shape index (κ1) is 13.6. The molecule has 6 heteroatoms. The van der Waals surface area contributed by atoms with Crippen molar-refractivity contribution >= 4 is 16.8 Å². The number of Topliss-reactive ketones (excluding diaryl/α,β-unsaturated/α-hetero) is 1. The molecule has 2 aromatic heterocycles. The molecule has 0 unspecified atom stereocenters. The van der Waals surface area contributed by atoms with Gasteiger partial charge in [0.05, 0.1) is 28.9 Å². The minimum atomic E-state index is -0.125. The standard InChI is InChI=1S/C17H13N5O/c1-10(23)15-7-12(9-19-21-15)17-20-14-5-2-11(8-18)6-16(14)22(17)13-3-4-13/h2,5-7,9,13H,3-4H2,1H3. The van der Waals surface area contributed by atoms with Crippen LogP contribution in [0.3, 0.4) is 0 Å². The van der Waals surface area contributed by atoms with Crippen LogP contribution in [0.4, 0.5) is 0 Å². The number of nitriles is 1. The maximum absolute atomic E-state index is 11.5. The summed E-state index contributed by atoms with van der Waals surface area (Å²) in [5.74, 6) is 0.648. The number of aromatic nitrogens is 4. The summed E-state index contributed by atoms with van der Waals surface area (Å²) < 4.78 is 2.15. The summed E-state index contributed by atoms with van der Waals surface area (Å²) in [4.78, 5) is 16.2. The largest absolute Gasteiger partial charge is 0.321 e. The number of hydrogen-bond donors (Lipinski definition) is 0. The lowest BCUT2D eigenvalue weighted by molar-refractivity contribution is 0.101. The first-order chi connectivity index (χ1) is 11.2. The Bertz CT molecular complexity index is 978. The van der Waals surface area contributed by atoms with Crippen molar-refractivity contribution in [1.82, 2.24) is 19.7 Å². The fraction of sp³-hybridized carbons (Fsp3) is 0.235. The Morgan fingerprint density at radius 2 is 2.17 bits per heavy atom. The van der Waals surface area contributed by atoms with E-state index in [-0.39, 0.29) is 5.78 Å². The highest BCUT2D eigenvalue weighted by molar-refractivity contribution is 5.93. The first-order valence-corrected chi connectivity index (χ1v) is 7.43. The third-order valence-electron chi connectivity index (χ3n) is 4.00. The molecule has 1 fully saturated rings. The van der Waals surface area contributed by atoms with E-state index in [2.05, 4.69) is 20.8 Å². The van der Waals surface area contributed by atoms with E-state index in [1.807, 2.05) is 12.1 Å². The van der Waals surface area contributed by atoms with Crippen molar-refractivity contribution in [1.29, 1.82) is 5.26 Å². The maximum atomic E-state index is 11.5. The van der Waals surface area contributed by atoms with Gasteiger partial charge in [-0.25, -0.2) is 4.98 Å². The minimum absolute atomic E-state index is 0.125. The molecule has 0 N–H and O–H groups in total. The molecule has 4 rings (SSSR count). The van der Waals surface area contributed by atoms with Crippen LogP contribution in [0.2, 0.25) is 0 Å². The monoisotopic (exact) mass is 303 g/mol. The van der Waals surface area contributed by atoms with Gasteiger partial charge in [-0.2, -0.15) is 10.4 Å². The zero-order valence-corrected chi connectivity index (χ0v) is 12.5. The second kappa shape index (κ2) is 4.99. The minimum Gasteiger partial charge on any atom is -0.321 e. The summed E-state index contributed by atoms with van der Waals surface area (Å²) in [5.41, 5.74) is 3.50. The van der Waals surface area contributed by atoms with E-state index in [0.717, 1.165) is 35.3 Å². The summed E-state index contributed by atoms with van der Waals surface area (Å²) in [6.45, 7) is 1.47. The molecule has 0 spiro atoms. The average molecular weight is 303 g/mol. The molecule has 1 aliphatic carbocycles. The zero-order valence-electron chi connectivity index (χ0n) is 12.5. The van der Waals surface area contributed by atoms with Gasteiger partial charge in [-0.3, -0.25) is 4.79 Å². The molecule has 112 valence electrons. The van der Waals surface area contributed by atoms with Crippen molar-refractivity contribution < 1.29 is 4.79 Å². The molecule has 0 amide bonds. The van der Waals surface area contributed by atoms with Gasteiger partial charge in [0.15, 0.2) is 5.78 Å². The zero-order chi connectivity index (χ0) is 16.0. The third-order valence-corrected chi connectivity index (χ3v) is 4.00. The topological polar surface area (TPSA) is 84.5 Å². The van der Waals surface area contributed by atoms with Gasteiger partial charge in [-0.1, -0.05) is 0 Å². The lowest BCUT2D eigenvalue weighted by Crippen LogP contribution is -2.02. The van der Waals surface area contributed by atoms with Crippen molar-refractivity contribution in [2.24, 2.45) is 0 Å². The Kier molecular flexibility index (Phi) is 2.95. The predicted octanol–water partition coefficient (Wildman–Crippen LogP) is 2.90. The highest BCUT2D eigenvalue weighted by atomic mass is 16.1. The van der Waals surface area contributed by atoms with Gasteiger partial charge in [-0.05, 0) is 37.1 Å². The van der Waals surface area contributed by atoms with Crippen LogP contribution >= 0.6 is 0 Å². The molecule has 6 nitrogen and oxygen atoms in total. The Hall–Kier alpha value is -3.07. The molecule has 2 heterocycles. The molecule has 3 aromatic rings. The number of benzene rings is 1. The number of ketones is 1. The van der Waals surface area contributed by atoms with E-state index in [0.29, 0.717) is 17.3 Å². The van der Waals surface area contributed by atoms with Crippen LogP contribution in [-0.2, 0) is 0 Å². The average Bonchev–Trinajstić information content (AvgIpc) is 3.34. The van der Waals surface area contributed by atoms with Crippen LogP contribution in [0.15, 0.2) is 30.5 Å². The van der Waals surface area contributed by atoms with Crippen LogP contribution in [0.25, 0.3) is 22.4 Å². The van der Waals surface area contributed by atoms with Gasteiger partial charge in [-0.15, -0.1) is 5.10 Å². The Morgan fingerprint density at radius 1 is 1.35 bits per heavy atom. The van der Waals surface area contributed by atoms with Gasteiger partial charge < -0.3 is 4.57 Å². The lowest BCUT2D eigenvalue weighted by atomic mass is 10.2. The van der Waals surface area contributed by atoms with Gasteiger partial charge in [0.2, 0.25) is 0 Å². The Labute approximate surface area is 132 Å². The molecular formula is C17H13N5O. The normalized spacial score (nSPS) is 13.9. The second-order valence-corrected chi connectivity index (χ2v) is 5.74. The van der Waals surface area contributed by atoms with Gasteiger partial charge in [0.25, 0.3) is 0 Å². The molecule has 23 heavy (non-hydrogen) atoms. The van der Waals surface area contributed by atoms with Gasteiger partial charge >= 0.3 is 0 Å². The van der Waals surface area contributed by atoms with E-state index in [1.165, 1.54) is 6.92 Å². The van der Waals surface area contributed by atoms with E-state index in [1.54, 1.807) is 18.3 Å². The van der Waals surface area contributed by atoms with Gasteiger partial charge in [0.1, 0.15) is 11.5 Å².